The molecule has 0 N–H and O–H groups in total. The second-order valence-electron chi connectivity index (χ2n) is 3.64. The van der Waals surface area contributed by atoms with E-state index in [1.54, 1.807) is 6.08 Å². The van der Waals surface area contributed by atoms with Crippen LogP contribution in [0.25, 0.3) is 0 Å². The van der Waals surface area contributed by atoms with Crippen molar-refractivity contribution in [2.24, 2.45) is 0 Å². The minimum absolute atomic E-state index is 0.0426. The van der Waals surface area contributed by atoms with Crippen LogP contribution in [-0.2, 0) is 9.59 Å². The molecule has 0 bridgehead atoms. The summed E-state index contributed by atoms with van der Waals surface area (Å²) in [6.45, 7) is 0. The van der Waals surface area contributed by atoms with Crippen LogP contribution >= 0.6 is 8.20 Å². The van der Waals surface area contributed by atoms with Crippen molar-refractivity contribution in [2.45, 2.75) is 6.42 Å². The molecule has 0 atom stereocenters. The molecule has 1 aliphatic carbocycles. The number of allylic oxidation sites excluding steroid dienone is 10. The Kier molecular flexibility index (Phi) is 3.79. The van der Waals surface area contributed by atoms with Crippen LogP contribution < -0.4 is 0 Å². The lowest BCUT2D eigenvalue weighted by Gasteiger charge is -2.00. The lowest BCUT2D eigenvalue weighted by Crippen LogP contribution is -1.97. The first-order valence-corrected chi connectivity index (χ1v) is 6.25. The van der Waals surface area contributed by atoms with Gasteiger partial charge >= 0.3 is 0 Å². The Bertz CT molecular complexity index is 528. The Labute approximate surface area is 102 Å². The summed E-state index contributed by atoms with van der Waals surface area (Å²) in [5.74, 6) is 1.81. The highest BCUT2D eigenvalue weighted by atomic mass is 31.1. The van der Waals surface area contributed by atoms with E-state index in [9.17, 15) is 9.59 Å². The maximum absolute atomic E-state index is 11.6. The van der Waals surface area contributed by atoms with Gasteiger partial charge in [0.1, 0.15) is 0 Å². The molecule has 2 nitrogen and oxygen atoms in total. The topological polar surface area (TPSA) is 34.1 Å². The van der Waals surface area contributed by atoms with Gasteiger partial charge < -0.3 is 0 Å². The van der Waals surface area contributed by atoms with Gasteiger partial charge in [0.25, 0.3) is 0 Å². The Hall–Kier alpha value is -1.79. The minimum atomic E-state index is -0.169. The molecule has 2 aliphatic rings. The molecule has 0 saturated carbocycles. The van der Waals surface area contributed by atoms with Gasteiger partial charge in [-0.15, -0.1) is 0 Å². The fourth-order valence-corrected chi connectivity index (χ4v) is 2.42. The van der Waals surface area contributed by atoms with E-state index in [0.717, 1.165) is 19.1 Å². The molecular weight excluding hydrogens is 231 g/mol. The molecule has 1 heterocycles. The highest BCUT2D eigenvalue weighted by Gasteiger charge is 2.10. The molecule has 17 heavy (non-hydrogen) atoms. The number of hydrogen-bond donors (Lipinski definition) is 0. The summed E-state index contributed by atoms with van der Waals surface area (Å²) < 4.78 is 0. The van der Waals surface area contributed by atoms with Gasteiger partial charge in [-0.05, 0) is 29.6 Å². The van der Waals surface area contributed by atoms with E-state index in [-0.39, 0.29) is 11.6 Å². The van der Waals surface area contributed by atoms with Crippen LogP contribution in [-0.4, -0.2) is 17.4 Å². The zero-order valence-electron chi connectivity index (χ0n) is 9.17. The first-order chi connectivity index (χ1) is 8.25. The largest absolute Gasteiger partial charge is 0.294 e. The summed E-state index contributed by atoms with van der Waals surface area (Å²) in [6.07, 6.45) is 13.8. The molecular formula is C14H11O2P. The van der Waals surface area contributed by atoms with Crippen molar-refractivity contribution in [3.05, 3.63) is 59.5 Å². The summed E-state index contributed by atoms with van der Waals surface area (Å²) >= 11 is 0. The van der Waals surface area contributed by atoms with Crippen molar-refractivity contribution >= 4 is 25.6 Å². The van der Waals surface area contributed by atoms with E-state index < -0.39 is 0 Å². The predicted octanol–water partition coefficient (Wildman–Crippen LogP) is 2.77. The molecule has 0 aromatic carbocycles. The van der Waals surface area contributed by atoms with Crippen LogP contribution in [0, 0.1) is 0 Å². The van der Waals surface area contributed by atoms with Crippen molar-refractivity contribution in [1.82, 2.24) is 0 Å². The average molecular weight is 242 g/mol. The van der Waals surface area contributed by atoms with Crippen LogP contribution in [0.2, 0.25) is 0 Å². The van der Waals surface area contributed by atoms with Gasteiger partial charge in [-0.2, -0.15) is 0 Å². The van der Waals surface area contributed by atoms with Gasteiger partial charge in [0.15, 0.2) is 11.6 Å². The van der Waals surface area contributed by atoms with Crippen molar-refractivity contribution in [2.75, 3.05) is 0 Å². The lowest BCUT2D eigenvalue weighted by molar-refractivity contribution is -0.115. The second-order valence-corrected chi connectivity index (χ2v) is 4.68. The van der Waals surface area contributed by atoms with Gasteiger partial charge in [0.05, 0.1) is 0 Å². The van der Waals surface area contributed by atoms with Crippen LogP contribution in [0.4, 0.5) is 0 Å². The van der Waals surface area contributed by atoms with Crippen LogP contribution in [0.5, 0.6) is 0 Å². The van der Waals surface area contributed by atoms with Gasteiger partial charge in [-0.1, -0.05) is 38.6 Å². The second kappa shape index (κ2) is 5.51. The monoisotopic (exact) mass is 242 g/mol. The molecule has 84 valence electrons. The normalized spacial score (nSPS) is 29.2. The number of ketones is 2. The third-order valence-corrected chi connectivity index (χ3v) is 3.37. The van der Waals surface area contributed by atoms with Crippen molar-refractivity contribution in [3.63, 3.8) is 0 Å². The van der Waals surface area contributed by atoms with E-state index >= 15 is 0 Å². The molecule has 0 unspecified atom stereocenters. The average Bonchev–Trinajstić information content (AvgIpc) is 2.72. The molecule has 0 radical (unpaired) electrons. The van der Waals surface area contributed by atoms with Crippen LogP contribution in [0.15, 0.2) is 59.5 Å². The molecule has 0 fully saturated rings. The molecule has 0 spiro atoms. The third kappa shape index (κ3) is 3.33. The Morgan fingerprint density at radius 3 is 2.71 bits per heavy atom. The molecule has 3 heteroatoms. The van der Waals surface area contributed by atoms with Crippen molar-refractivity contribution < 1.29 is 9.59 Å². The molecule has 0 aromatic heterocycles. The molecule has 1 aliphatic heterocycles. The summed E-state index contributed by atoms with van der Waals surface area (Å²) in [7, 11) is 1.12. The van der Waals surface area contributed by atoms with E-state index in [4.69, 9.17) is 0 Å². The maximum Gasteiger partial charge on any atom is 0.178 e. The molecule has 2 rings (SSSR count). The number of hydrogen-bond acceptors (Lipinski definition) is 2. The quantitative estimate of drug-likeness (QED) is 0.612. The van der Waals surface area contributed by atoms with Crippen LogP contribution in [0.1, 0.15) is 6.42 Å². The number of rotatable bonds is 0. The predicted molar refractivity (Wildman–Crippen MR) is 71.2 cm³/mol. The highest BCUT2D eigenvalue weighted by molar-refractivity contribution is 7.44. The first kappa shape index (κ1) is 11.7. The van der Waals surface area contributed by atoms with E-state index in [1.165, 1.54) is 18.2 Å². The lowest BCUT2D eigenvalue weighted by atomic mass is 10.1. The highest BCUT2D eigenvalue weighted by Crippen LogP contribution is 2.30. The zero-order chi connectivity index (χ0) is 12.1. The summed E-state index contributed by atoms with van der Waals surface area (Å²) in [5, 5.41) is 1.14. The summed E-state index contributed by atoms with van der Waals surface area (Å²) in [5.41, 5.74) is 1.03. The number of carbonyl (C=O) groups is 2. The molecule has 0 aromatic rings. The van der Waals surface area contributed by atoms with Gasteiger partial charge in [0.2, 0.25) is 0 Å². The standard InChI is InChI=1S/C14H11O2P/c15-12-4-2-1-3-5-14-11(8-9-17-14)10-13(16)7-6-12/h1-9H,10H2/b3-1-,4-2-,7-6-,14-5+. The Morgan fingerprint density at radius 2 is 1.82 bits per heavy atom. The summed E-state index contributed by atoms with van der Waals surface area (Å²) in [6, 6.07) is 0. The molecule has 0 amide bonds. The fourth-order valence-electron chi connectivity index (χ4n) is 1.51. The number of carbonyl (C=O) groups excluding carboxylic acids is 2. The summed E-state index contributed by atoms with van der Waals surface area (Å²) in [4.78, 5) is 22.9. The van der Waals surface area contributed by atoms with Gasteiger partial charge in [-0.3, -0.25) is 9.59 Å². The SMILES string of the molecule is O=C1\C=C/C=C\C=C2\P=CC=C2CC(=O)/C=C\1. The smallest absolute Gasteiger partial charge is 0.178 e. The van der Waals surface area contributed by atoms with Crippen LogP contribution in [0.3, 0.4) is 0 Å². The van der Waals surface area contributed by atoms with E-state index in [0.29, 0.717) is 6.42 Å². The number of fused-ring (bicyclic) bond motifs is 1. The fraction of sp³-hybridized carbons (Fsp3) is 0.0714. The van der Waals surface area contributed by atoms with Gasteiger partial charge in [0, 0.05) is 11.7 Å². The minimum Gasteiger partial charge on any atom is -0.294 e. The van der Waals surface area contributed by atoms with Crippen molar-refractivity contribution in [3.8, 4) is 0 Å². The van der Waals surface area contributed by atoms with E-state index in [1.807, 2.05) is 30.1 Å². The van der Waals surface area contributed by atoms with Crippen molar-refractivity contribution in [1.29, 1.82) is 0 Å². The van der Waals surface area contributed by atoms with Gasteiger partial charge in [-0.25, -0.2) is 0 Å². The third-order valence-electron chi connectivity index (χ3n) is 2.35. The van der Waals surface area contributed by atoms with E-state index in [2.05, 4.69) is 0 Å². The first-order valence-electron chi connectivity index (χ1n) is 5.29. The zero-order valence-corrected chi connectivity index (χ0v) is 10.1. The molecule has 0 saturated heterocycles. The Morgan fingerprint density at radius 1 is 0.941 bits per heavy atom. The maximum atomic E-state index is 11.6. The Balaban J connectivity index is 2.30.